The van der Waals surface area contributed by atoms with E-state index in [9.17, 15) is 4.79 Å². The van der Waals surface area contributed by atoms with E-state index in [1.807, 2.05) is 20.8 Å². The van der Waals surface area contributed by atoms with Crippen LogP contribution in [0.4, 0.5) is 0 Å². The van der Waals surface area contributed by atoms with Crippen LogP contribution in [0.3, 0.4) is 0 Å². The first-order chi connectivity index (χ1) is 9.81. The highest BCUT2D eigenvalue weighted by Gasteiger charge is 1.97. The molecule has 1 amide bonds. The Labute approximate surface area is 126 Å². The monoisotopic (exact) mass is 296 g/mol. The van der Waals surface area contributed by atoms with Crippen LogP contribution >= 0.6 is 0 Å². The summed E-state index contributed by atoms with van der Waals surface area (Å²) in [6.45, 7) is 10.3. The number of hydrogen-bond acceptors (Lipinski definition) is 5. The highest BCUT2D eigenvalue weighted by atomic mass is 16.5. The molecule has 126 valence electrons. The molecule has 0 fully saturated rings. The summed E-state index contributed by atoms with van der Waals surface area (Å²) in [5.41, 5.74) is 5.26. The highest BCUT2D eigenvalue weighted by Crippen LogP contribution is 1.85. The molecule has 0 rings (SSSR count). The number of hydrogen-bond donors (Lipinski definition) is 2. The van der Waals surface area contributed by atoms with Crippen molar-refractivity contribution in [1.82, 2.24) is 5.32 Å². The van der Waals surface area contributed by atoms with E-state index in [4.69, 9.17) is 19.9 Å². The molecule has 0 atom stereocenters. The summed E-state index contributed by atoms with van der Waals surface area (Å²) >= 11 is 0. The molecule has 0 spiro atoms. The maximum absolute atomic E-state index is 11.1. The van der Waals surface area contributed by atoms with Crippen molar-refractivity contribution in [2.45, 2.75) is 33.6 Å². The average Bonchev–Trinajstić information content (AvgIpc) is 2.47. The highest BCUT2D eigenvalue weighted by molar-refractivity contribution is 5.75. The van der Waals surface area contributed by atoms with E-state index in [1.165, 1.54) is 0 Å². The van der Waals surface area contributed by atoms with Gasteiger partial charge in [0, 0.05) is 22.4 Å². The van der Waals surface area contributed by atoms with Crippen molar-refractivity contribution in [2.24, 2.45) is 5.73 Å². The molecule has 0 aromatic carbocycles. The molecular formula is C14H36N2O4. The molecule has 0 bridgehead atoms. The fourth-order valence-electron chi connectivity index (χ4n) is 1.20. The lowest BCUT2D eigenvalue weighted by molar-refractivity contribution is -0.121. The van der Waals surface area contributed by atoms with Crippen LogP contribution in [0.25, 0.3) is 0 Å². The first-order valence-corrected chi connectivity index (χ1v) is 7.51. The number of rotatable bonds is 13. The molecule has 0 saturated carbocycles. The third-order valence-electron chi connectivity index (χ3n) is 2.05. The van der Waals surface area contributed by atoms with Crippen molar-refractivity contribution in [3.05, 3.63) is 0 Å². The Balaban J connectivity index is -0.000000387. The van der Waals surface area contributed by atoms with E-state index in [1.54, 1.807) is 0 Å². The van der Waals surface area contributed by atoms with E-state index >= 15 is 0 Å². The standard InChI is InChI=1S/C12H26N2O4.C2H6.2H2/c1-2-3-12(15)14-5-7-17-9-11-18-10-8-16-6-4-13;1-2;;/h2-11,13H2,1H3,(H,14,15);1-2H3;2*1H. The van der Waals surface area contributed by atoms with Crippen molar-refractivity contribution in [2.75, 3.05) is 52.7 Å². The minimum absolute atomic E-state index is 0. The maximum Gasteiger partial charge on any atom is 0.220 e. The second-order valence-electron chi connectivity index (χ2n) is 3.73. The molecule has 0 heterocycles. The number of nitrogens with two attached hydrogens (primary N) is 1. The molecule has 0 aromatic heterocycles. The van der Waals surface area contributed by atoms with Crippen LogP contribution in [-0.4, -0.2) is 58.6 Å². The van der Waals surface area contributed by atoms with Gasteiger partial charge in [0.2, 0.25) is 5.91 Å². The van der Waals surface area contributed by atoms with Gasteiger partial charge in [-0.05, 0) is 6.42 Å². The molecule has 20 heavy (non-hydrogen) atoms. The van der Waals surface area contributed by atoms with Gasteiger partial charge in [0.05, 0.1) is 39.6 Å². The van der Waals surface area contributed by atoms with Gasteiger partial charge in [-0.25, -0.2) is 0 Å². The Hall–Kier alpha value is -0.690. The zero-order valence-corrected chi connectivity index (χ0v) is 13.3. The van der Waals surface area contributed by atoms with Crippen molar-refractivity contribution in [3.63, 3.8) is 0 Å². The molecule has 0 radical (unpaired) electrons. The van der Waals surface area contributed by atoms with Gasteiger partial charge < -0.3 is 25.3 Å². The van der Waals surface area contributed by atoms with Crippen molar-refractivity contribution in [1.29, 1.82) is 0 Å². The van der Waals surface area contributed by atoms with Gasteiger partial charge >= 0.3 is 0 Å². The molecule has 0 aliphatic heterocycles. The number of carbonyl (C=O) groups is 1. The summed E-state index contributed by atoms with van der Waals surface area (Å²) in [4.78, 5) is 11.1. The predicted molar refractivity (Wildman–Crippen MR) is 85.0 cm³/mol. The molecule has 6 heteroatoms. The SMILES string of the molecule is CC.CCCC(=O)NCCOCCOCCOCCN.[HH].[HH]. The number of amides is 1. The van der Waals surface area contributed by atoms with Gasteiger partial charge in [0.25, 0.3) is 0 Å². The summed E-state index contributed by atoms with van der Waals surface area (Å²) in [7, 11) is 0. The molecule has 6 nitrogen and oxygen atoms in total. The second-order valence-corrected chi connectivity index (χ2v) is 3.73. The normalized spacial score (nSPS) is 9.80. The topological polar surface area (TPSA) is 82.8 Å². The molecule has 0 unspecified atom stereocenters. The third-order valence-corrected chi connectivity index (χ3v) is 2.05. The van der Waals surface area contributed by atoms with E-state index < -0.39 is 0 Å². The number of nitrogens with one attached hydrogen (secondary N) is 1. The van der Waals surface area contributed by atoms with Gasteiger partial charge in [-0.2, -0.15) is 0 Å². The van der Waals surface area contributed by atoms with Gasteiger partial charge in [-0.3, -0.25) is 4.79 Å². The minimum atomic E-state index is 0. The van der Waals surface area contributed by atoms with Crippen molar-refractivity contribution >= 4 is 5.91 Å². The van der Waals surface area contributed by atoms with E-state index in [2.05, 4.69) is 5.32 Å². The van der Waals surface area contributed by atoms with Crippen molar-refractivity contribution in [3.8, 4) is 0 Å². The quantitative estimate of drug-likeness (QED) is 0.502. The Bertz CT molecular complexity index is 202. The average molecular weight is 296 g/mol. The molecule has 0 saturated heterocycles. The van der Waals surface area contributed by atoms with E-state index in [0.717, 1.165) is 6.42 Å². The molecule has 3 N–H and O–H groups in total. The predicted octanol–water partition coefficient (Wildman–Crippen LogP) is 1.43. The summed E-state index contributed by atoms with van der Waals surface area (Å²) in [5.74, 6) is 0.0782. The largest absolute Gasteiger partial charge is 0.378 e. The van der Waals surface area contributed by atoms with Crippen LogP contribution in [0.5, 0.6) is 0 Å². The summed E-state index contributed by atoms with van der Waals surface area (Å²) in [6, 6.07) is 0. The molecule has 0 aliphatic carbocycles. The Morgan fingerprint density at radius 3 is 2.00 bits per heavy atom. The first kappa shape index (κ1) is 21.6. The van der Waals surface area contributed by atoms with Crippen LogP contribution in [0.15, 0.2) is 0 Å². The van der Waals surface area contributed by atoms with Crippen LogP contribution in [0, 0.1) is 0 Å². The van der Waals surface area contributed by atoms with Crippen molar-refractivity contribution < 1.29 is 21.9 Å². The Morgan fingerprint density at radius 1 is 1.00 bits per heavy atom. The van der Waals surface area contributed by atoms with Gasteiger partial charge in [0.1, 0.15) is 0 Å². The fraction of sp³-hybridized carbons (Fsp3) is 0.929. The smallest absolute Gasteiger partial charge is 0.220 e. The Morgan fingerprint density at radius 2 is 1.50 bits per heavy atom. The zero-order chi connectivity index (χ0) is 15.5. The Kier molecular flexibility index (Phi) is 22.3. The second kappa shape index (κ2) is 20.6. The van der Waals surface area contributed by atoms with Crippen LogP contribution < -0.4 is 11.1 Å². The van der Waals surface area contributed by atoms with Crippen LogP contribution in [-0.2, 0) is 19.0 Å². The summed E-state index contributed by atoms with van der Waals surface area (Å²) in [5, 5.41) is 2.77. The number of carbonyl (C=O) groups excluding carboxylic acids is 1. The van der Waals surface area contributed by atoms with Gasteiger partial charge in [-0.1, -0.05) is 20.8 Å². The van der Waals surface area contributed by atoms with Crippen LogP contribution in [0.2, 0.25) is 0 Å². The first-order valence-electron chi connectivity index (χ1n) is 7.51. The summed E-state index contributed by atoms with van der Waals surface area (Å²) < 4.78 is 15.7. The van der Waals surface area contributed by atoms with Crippen LogP contribution in [0.1, 0.15) is 36.5 Å². The zero-order valence-electron chi connectivity index (χ0n) is 13.3. The third kappa shape index (κ3) is 19.6. The van der Waals surface area contributed by atoms with E-state index in [-0.39, 0.29) is 8.76 Å². The fourth-order valence-corrected chi connectivity index (χ4v) is 1.20. The minimum Gasteiger partial charge on any atom is -0.378 e. The molecule has 0 aliphatic rings. The molecule has 0 aromatic rings. The summed E-state index contributed by atoms with van der Waals surface area (Å²) in [6.07, 6.45) is 1.44. The van der Waals surface area contributed by atoms with E-state index in [0.29, 0.717) is 59.2 Å². The lowest BCUT2D eigenvalue weighted by Gasteiger charge is -2.07. The molecular weight excluding hydrogens is 260 g/mol. The lowest BCUT2D eigenvalue weighted by Crippen LogP contribution is -2.27. The van der Waals surface area contributed by atoms with Gasteiger partial charge in [-0.15, -0.1) is 0 Å². The van der Waals surface area contributed by atoms with Gasteiger partial charge in [0.15, 0.2) is 0 Å². The lowest BCUT2D eigenvalue weighted by atomic mass is 10.3. The number of ether oxygens (including phenoxy) is 3. The maximum atomic E-state index is 11.1.